The van der Waals surface area contributed by atoms with E-state index in [2.05, 4.69) is 56.3 Å². The highest BCUT2D eigenvalue weighted by Crippen LogP contribution is 2.41. The van der Waals surface area contributed by atoms with E-state index in [1.54, 1.807) is 0 Å². The summed E-state index contributed by atoms with van der Waals surface area (Å²) in [5, 5.41) is 0. The van der Waals surface area contributed by atoms with E-state index in [4.69, 9.17) is 4.74 Å². The highest BCUT2D eigenvalue weighted by Gasteiger charge is 2.29. The molecule has 0 amide bonds. The molecule has 120 valence electrons. The van der Waals surface area contributed by atoms with Gasteiger partial charge in [-0.1, -0.05) is 56.3 Å². The average molecular weight is 308 g/mol. The van der Waals surface area contributed by atoms with Gasteiger partial charge in [0.2, 0.25) is 0 Å². The molecule has 0 aliphatic heterocycles. The van der Waals surface area contributed by atoms with Gasteiger partial charge >= 0.3 is 5.97 Å². The number of hydrogen-bond acceptors (Lipinski definition) is 2. The van der Waals surface area contributed by atoms with Gasteiger partial charge in [0, 0.05) is 0 Å². The van der Waals surface area contributed by atoms with Gasteiger partial charge < -0.3 is 4.74 Å². The molecule has 3 rings (SSSR count). The van der Waals surface area contributed by atoms with E-state index in [1.807, 2.05) is 6.92 Å². The minimum Gasteiger partial charge on any atom is -0.466 e. The Morgan fingerprint density at radius 3 is 2.57 bits per heavy atom. The normalized spacial score (nSPS) is 13.6. The molecule has 2 aromatic rings. The molecule has 23 heavy (non-hydrogen) atoms. The molecule has 0 aromatic heterocycles. The molecule has 1 aliphatic rings. The minimum atomic E-state index is -0.167. The Morgan fingerprint density at radius 1 is 1.09 bits per heavy atom. The number of esters is 1. The Labute approximate surface area is 138 Å². The maximum atomic E-state index is 12.5. The fourth-order valence-electron chi connectivity index (χ4n) is 3.57. The van der Waals surface area contributed by atoms with Crippen LogP contribution in [-0.2, 0) is 16.0 Å². The van der Waals surface area contributed by atoms with Crippen molar-refractivity contribution < 1.29 is 9.53 Å². The van der Waals surface area contributed by atoms with Crippen molar-refractivity contribution in [2.45, 2.75) is 39.5 Å². The molecule has 0 saturated heterocycles. The smallest absolute Gasteiger partial charge is 0.313 e. The van der Waals surface area contributed by atoms with Gasteiger partial charge in [0.15, 0.2) is 0 Å². The molecule has 2 heteroatoms. The molecule has 0 bridgehead atoms. The van der Waals surface area contributed by atoms with Crippen molar-refractivity contribution in [2.24, 2.45) is 5.92 Å². The lowest BCUT2D eigenvalue weighted by Crippen LogP contribution is -2.19. The number of fused-ring (bicyclic) bond motifs is 3. The molecule has 2 aromatic carbocycles. The second-order valence-corrected chi connectivity index (χ2v) is 6.64. The Kier molecular flexibility index (Phi) is 4.51. The quantitative estimate of drug-likeness (QED) is 0.623. The fraction of sp³-hybridized carbons (Fsp3) is 0.381. The first-order valence-corrected chi connectivity index (χ1v) is 8.48. The third kappa shape index (κ3) is 3.03. The summed E-state index contributed by atoms with van der Waals surface area (Å²) in [6.07, 6.45) is 1.74. The van der Waals surface area contributed by atoms with Crippen LogP contribution in [0.3, 0.4) is 0 Å². The van der Waals surface area contributed by atoms with Crippen molar-refractivity contribution in [3.63, 3.8) is 0 Å². The number of ether oxygens (including phenoxy) is 1. The van der Waals surface area contributed by atoms with Gasteiger partial charge in [-0.3, -0.25) is 4.79 Å². The van der Waals surface area contributed by atoms with Gasteiger partial charge in [-0.15, -0.1) is 0 Å². The first-order chi connectivity index (χ1) is 11.1. The number of benzene rings is 2. The highest BCUT2D eigenvalue weighted by molar-refractivity contribution is 5.83. The summed E-state index contributed by atoms with van der Waals surface area (Å²) in [5.74, 6) is 0.189. The lowest BCUT2D eigenvalue weighted by atomic mass is 9.86. The van der Waals surface area contributed by atoms with Crippen LogP contribution in [0, 0.1) is 5.92 Å². The minimum absolute atomic E-state index is 0.0921. The van der Waals surface area contributed by atoms with Crippen molar-refractivity contribution >= 4 is 5.97 Å². The van der Waals surface area contributed by atoms with Gasteiger partial charge in [-0.05, 0) is 53.5 Å². The van der Waals surface area contributed by atoms with Gasteiger partial charge in [0.1, 0.15) is 0 Å². The summed E-state index contributed by atoms with van der Waals surface area (Å²) in [6, 6.07) is 14.9. The molecular weight excluding hydrogens is 284 g/mol. The summed E-state index contributed by atoms with van der Waals surface area (Å²) in [7, 11) is 0. The SMILES string of the molecule is CCOC(=O)C(CC(C)C)c1cccc2c1Cc1ccccc1-2. The highest BCUT2D eigenvalue weighted by atomic mass is 16.5. The van der Waals surface area contributed by atoms with E-state index in [0.717, 1.165) is 18.4 Å². The number of carbonyl (C=O) groups excluding carboxylic acids is 1. The van der Waals surface area contributed by atoms with Gasteiger partial charge in [0.05, 0.1) is 12.5 Å². The molecule has 2 nitrogen and oxygen atoms in total. The van der Waals surface area contributed by atoms with Crippen LogP contribution in [0.25, 0.3) is 11.1 Å². The molecule has 0 heterocycles. The monoisotopic (exact) mass is 308 g/mol. The topological polar surface area (TPSA) is 26.3 Å². The molecule has 0 fully saturated rings. The summed E-state index contributed by atoms with van der Waals surface area (Å²) in [5.41, 5.74) is 6.37. The zero-order chi connectivity index (χ0) is 16.4. The molecule has 1 aliphatic carbocycles. The van der Waals surface area contributed by atoms with Crippen molar-refractivity contribution in [3.05, 3.63) is 59.2 Å². The third-order valence-corrected chi connectivity index (χ3v) is 4.54. The maximum Gasteiger partial charge on any atom is 0.313 e. The van der Waals surface area contributed by atoms with E-state index in [1.165, 1.54) is 22.3 Å². The zero-order valence-electron chi connectivity index (χ0n) is 14.1. The molecule has 0 radical (unpaired) electrons. The van der Waals surface area contributed by atoms with Crippen LogP contribution in [0.2, 0.25) is 0 Å². The fourth-order valence-corrected chi connectivity index (χ4v) is 3.57. The van der Waals surface area contributed by atoms with Crippen molar-refractivity contribution in [1.82, 2.24) is 0 Å². The van der Waals surface area contributed by atoms with E-state index in [9.17, 15) is 4.79 Å². The molecule has 1 unspecified atom stereocenters. The van der Waals surface area contributed by atoms with Crippen LogP contribution < -0.4 is 0 Å². The van der Waals surface area contributed by atoms with E-state index in [0.29, 0.717) is 12.5 Å². The third-order valence-electron chi connectivity index (χ3n) is 4.54. The van der Waals surface area contributed by atoms with Gasteiger partial charge in [-0.25, -0.2) is 0 Å². The first kappa shape index (κ1) is 15.8. The van der Waals surface area contributed by atoms with Crippen LogP contribution in [-0.4, -0.2) is 12.6 Å². The van der Waals surface area contributed by atoms with E-state index >= 15 is 0 Å². The van der Waals surface area contributed by atoms with Crippen molar-refractivity contribution in [3.8, 4) is 11.1 Å². The average Bonchev–Trinajstić information content (AvgIpc) is 2.91. The molecule has 0 N–H and O–H groups in total. The van der Waals surface area contributed by atoms with Crippen LogP contribution in [0.15, 0.2) is 42.5 Å². The number of carbonyl (C=O) groups is 1. The summed E-state index contributed by atoms with van der Waals surface area (Å²) >= 11 is 0. The molecule has 0 spiro atoms. The van der Waals surface area contributed by atoms with Gasteiger partial charge in [0.25, 0.3) is 0 Å². The van der Waals surface area contributed by atoms with Crippen LogP contribution >= 0.6 is 0 Å². The first-order valence-electron chi connectivity index (χ1n) is 8.48. The number of rotatable bonds is 5. The molecule has 1 atom stereocenters. The van der Waals surface area contributed by atoms with Crippen molar-refractivity contribution in [1.29, 1.82) is 0 Å². The largest absolute Gasteiger partial charge is 0.466 e. The van der Waals surface area contributed by atoms with Crippen LogP contribution in [0.5, 0.6) is 0 Å². The maximum absolute atomic E-state index is 12.5. The van der Waals surface area contributed by atoms with Gasteiger partial charge in [-0.2, -0.15) is 0 Å². The number of hydrogen-bond donors (Lipinski definition) is 0. The molecular formula is C21H24O2. The Morgan fingerprint density at radius 2 is 1.83 bits per heavy atom. The Hall–Kier alpha value is -2.09. The Bertz CT molecular complexity index is 716. The predicted molar refractivity (Wildman–Crippen MR) is 93.5 cm³/mol. The van der Waals surface area contributed by atoms with Crippen LogP contribution in [0.1, 0.15) is 49.8 Å². The second kappa shape index (κ2) is 6.57. The Balaban J connectivity index is 2.04. The second-order valence-electron chi connectivity index (χ2n) is 6.64. The summed E-state index contributed by atoms with van der Waals surface area (Å²) in [6.45, 7) is 6.62. The lowest BCUT2D eigenvalue weighted by Gasteiger charge is -2.20. The standard InChI is InChI=1S/C21H24O2/c1-4-23-21(22)20(12-14(2)3)18-11-7-10-17-16-9-6-5-8-15(16)13-19(17)18/h5-11,14,20H,4,12-13H2,1-3H3. The summed E-state index contributed by atoms with van der Waals surface area (Å²) < 4.78 is 5.36. The zero-order valence-corrected chi connectivity index (χ0v) is 14.1. The summed E-state index contributed by atoms with van der Waals surface area (Å²) in [4.78, 5) is 12.5. The van der Waals surface area contributed by atoms with Crippen LogP contribution in [0.4, 0.5) is 0 Å². The predicted octanol–water partition coefficient (Wildman–Crippen LogP) is 4.95. The lowest BCUT2D eigenvalue weighted by molar-refractivity contribution is -0.145. The van der Waals surface area contributed by atoms with E-state index in [-0.39, 0.29) is 11.9 Å². The molecule has 0 saturated carbocycles. The van der Waals surface area contributed by atoms with E-state index < -0.39 is 0 Å². The van der Waals surface area contributed by atoms with Crippen molar-refractivity contribution in [2.75, 3.05) is 6.61 Å².